The third kappa shape index (κ3) is 4.16. The van der Waals surface area contributed by atoms with Crippen LogP contribution in [0.2, 0.25) is 0 Å². The highest BCUT2D eigenvalue weighted by atomic mass is 15.0. The molecular formula is C39H31N3. The molecule has 1 spiro atoms. The monoisotopic (exact) mass is 549 g/mol. The number of hydrogen-bond acceptors (Lipinski definition) is 3. The molecular weight excluding hydrogens is 510 g/mol. The zero-order valence-electron chi connectivity index (χ0n) is 30.8. The lowest BCUT2D eigenvalue weighted by Gasteiger charge is -2.36. The van der Waals surface area contributed by atoms with Crippen LogP contribution in [-0.2, 0) is 5.41 Å². The number of aromatic nitrogens is 3. The largest absolute Gasteiger partial charge is 0.208 e. The van der Waals surface area contributed by atoms with E-state index in [1.807, 2.05) is 84.9 Å². The van der Waals surface area contributed by atoms with Crippen molar-refractivity contribution in [2.75, 3.05) is 0 Å². The first-order chi connectivity index (χ1) is 24.0. The summed E-state index contributed by atoms with van der Waals surface area (Å²) >= 11 is 0. The number of rotatable bonds is 4. The quantitative estimate of drug-likeness (QED) is 0.220. The van der Waals surface area contributed by atoms with Crippen molar-refractivity contribution in [2.45, 2.75) is 37.4 Å². The van der Waals surface area contributed by atoms with Crippen molar-refractivity contribution in [2.24, 2.45) is 0 Å². The van der Waals surface area contributed by atoms with E-state index in [0.717, 1.165) is 5.56 Å². The number of nitrogens with zero attached hydrogens (tertiary/aromatic N) is 3. The molecule has 0 radical (unpaired) electrons. The highest BCUT2D eigenvalue weighted by molar-refractivity contribution is 5.84. The Bertz CT molecular complexity index is 2240. The van der Waals surface area contributed by atoms with Crippen LogP contribution in [0.1, 0.15) is 54.1 Å². The number of fused-ring (bicyclic) bond motifs is 5. The molecule has 0 aliphatic heterocycles. The van der Waals surface area contributed by atoms with Crippen LogP contribution in [0.15, 0.2) is 127 Å². The van der Waals surface area contributed by atoms with E-state index in [1.54, 1.807) is 18.2 Å². The maximum Gasteiger partial charge on any atom is 0.164 e. The molecule has 1 saturated carbocycles. The smallest absolute Gasteiger partial charge is 0.164 e. The molecule has 1 heterocycles. The summed E-state index contributed by atoms with van der Waals surface area (Å²) in [5.41, 5.74) is 2.70. The van der Waals surface area contributed by atoms with Gasteiger partial charge in [-0.2, -0.15) is 0 Å². The van der Waals surface area contributed by atoms with E-state index in [4.69, 9.17) is 19.1 Å². The molecule has 6 aromatic rings. The van der Waals surface area contributed by atoms with Gasteiger partial charge < -0.3 is 0 Å². The lowest BCUT2D eigenvalue weighted by Crippen LogP contribution is -2.28. The van der Waals surface area contributed by atoms with Gasteiger partial charge in [-0.15, -0.1) is 0 Å². The summed E-state index contributed by atoms with van der Waals surface area (Å²) in [4.78, 5) is 14.1. The van der Waals surface area contributed by atoms with E-state index in [9.17, 15) is 6.85 Å². The van der Waals surface area contributed by atoms with Crippen LogP contribution in [-0.4, -0.2) is 15.0 Å². The topological polar surface area (TPSA) is 38.7 Å². The fourth-order valence-corrected chi connectivity index (χ4v) is 6.04. The molecule has 3 nitrogen and oxygen atoms in total. The van der Waals surface area contributed by atoms with Gasteiger partial charge >= 0.3 is 0 Å². The predicted octanol–water partition coefficient (Wildman–Crippen LogP) is 9.77. The van der Waals surface area contributed by atoms with Crippen molar-refractivity contribution in [3.63, 3.8) is 0 Å². The molecule has 202 valence electrons. The van der Waals surface area contributed by atoms with Gasteiger partial charge in [0.25, 0.3) is 0 Å². The van der Waals surface area contributed by atoms with Gasteiger partial charge in [-0.25, -0.2) is 15.0 Å². The van der Waals surface area contributed by atoms with Gasteiger partial charge in [-0.1, -0.05) is 134 Å². The van der Waals surface area contributed by atoms with E-state index in [1.165, 1.54) is 0 Å². The summed E-state index contributed by atoms with van der Waals surface area (Å²) in [5, 5.41) is 0. The third-order valence-electron chi connectivity index (χ3n) is 8.02. The molecule has 2 aliphatic rings. The molecule has 0 amide bonds. The molecule has 0 unspecified atom stereocenters. The van der Waals surface area contributed by atoms with E-state index >= 15 is 0 Å². The van der Waals surface area contributed by atoms with Gasteiger partial charge in [0, 0.05) is 27.6 Å². The maximum atomic E-state index is 9.50. The minimum Gasteiger partial charge on any atom is -0.208 e. The van der Waals surface area contributed by atoms with Crippen LogP contribution >= 0.6 is 0 Å². The van der Waals surface area contributed by atoms with E-state index in [-0.39, 0.29) is 47.9 Å². The highest BCUT2D eigenvalue weighted by Gasteiger charge is 2.43. The minimum absolute atomic E-state index is 0.0208. The molecule has 2 aliphatic carbocycles. The molecule has 5 aromatic carbocycles. The second kappa shape index (κ2) is 10.2. The fourth-order valence-electron chi connectivity index (χ4n) is 6.04. The summed E-state index contributed by atoms with van der Waals surface area (Å²) in [5.74, 6) is 0.679. The zero-order valence-corrected chi connectivity index (χ0v) is 22.8. The van der Waals surface area contributed by atoms with E-state index < -0.39 is 24.2 Å². The average Bonchev–Trinajstić information content (AvgIpc) is 3.42. The number of benzene rings is 5. The second-order valence-electron chi connectivity index (χ2n) is 10.6. The summed E-state index contributed by atoms with van der Waals surface area (Å²) in [6.07, 6.45) is -3.11. The van der Waals surface area contributed by atoms with E-state index in [0.29, 0.717) is 51.5 Å². The normalized spacial score (nSPS) is 20.0. The Morgan fingerprint density at radius 3 is 1.79 bits per heavy atom. The van der Waals surface area contributed by atoms with Crippen LogP contribution < -0.4 is 0 Å². The Morgan fingerprint density at radius 2 is 1.10 bits per heavy atom. The zero-order chi connectivity index (χ0) is 35.0. The Morgan fingerprint density at radius 1 is 0.524 bits per heavy atom. The summed E-state index contributed by atoms with van der Waals surface area (Å²) in [6, 6.07) is 29.9. The van der Waals surface area contributed by atoms with Gasteiger partial charge in [-0.05, 0) is 58.2 Å². The van der Waals surface area contributed by atoms with Crippen LogP contribution in [0.5, 0.6) is 0 Å². The Kier molecular flexibility index (Phi) is 4.32. The van der Waals surface area contributed by atoms with Crippen molar-refractivity contribution in [3.8, 4) is 56.4 Å². The molecule has 3 heteroatoms. The Labute approximate surface area is 258 Å². The summed E-state index contributed by atoms with van der Waals surface area (Å²) in [6.45, 7) is 0. The van der Waals surface area contributed by atoms with Crippen molar-refractivity contribution in [1.82, 2.24) is 15.0 Å². The first-order valence-corrected chi connectivity index (χ1v) is 14.2. The highest BCUT2D eigenvalue weighted by Crippen LogP contribution is 2.56. The van der Waals surface area contributed by atoms with Crippen molar-refractivity contribution in [1.29, 1.82) is 0 Å². The fraction of sp³-hybridized carbons (Fsp3) is 0.154. The molecule has 42 heavy (non-hydrogen) atoms. The standard InChI is InChI=1S/C39H31N3/c1-4-13-27(14-5-1)36-40-37(28-15-6-2-7-16-28)42-38(41-36)31-18-12-17-29(25-31)30-21-22-33-32-19-8-9-20-34(32)39(35(33)26-30)23-10-3-11-24-39/h1-2,4-9,12-22,25-26H,3,10-11,23-24H2/i12D,17D,18D,23D2,24D2,25D. The minimum atomic E-state index is -1.94. The lowest BCUT2D eigenvalue weighted by molar-refractivity contribution is 0.353. The lowest BCUT2D eigenvalue weighted by atomic mass is 9.67. The van der Waals surface area contributed by atoms with Gasteiger partial charge in [0.1, 0.15) is 0 Å². The molecule has 0 N–H and O–H groups in total. The summed E-state index contributed by atoms with van der Waals surface area (Å²) in [7, 11) is 0. The molecule has 0 atom stereocenters. The average molecular weight is 550 g/mol. The van der Waals surface area contributed by atoms with Crippen molar-refractivity contribution in [3.05, 3.63) is 138 Å². The maximum absolute atomic E-state index is 9.50. The van der Waals surface area contributed by atoms with E-state index in [2.05, 4.69) is 0 Å². The molecule has 1 aromatic heterocycles. The van der Waals surface area contributed by atoms with Gasteiger partial charge in [0.2, 0.25) is 0 Å². The first-order valence-electron chi connectivity index (χ1n) is 18.2. The summed E-state index contributed by atoms with van der Waals surface area (Å²) < 4.78 is 73.6. The first kappa shape index (κ1) is 17.8. The predicted molar refractivity (Wildman–Crippen MR) is 171 cm³/mol. The molecule has 0 saturated heterocycles. The van der Waals surface area contributed by atoms with Gasteiger partial charge in [-0.3, -0.25) is 0 Å². The van der Waals surface area contributed by atoms with Crippen LogP contribution in [0.25, 0.3) is 56.4 Å². The van der Waals surface area contributed by atoms with Crippen LogP contribution in [0.4, 0.5) is 0 Å². The number of hydrogen-bond donors (Lipinski definition) is 0. The van der Waals surface area contributed by atoms with Gasteiger partial charge in [0.15, 0.2) is 17.5 Å². The SMILES string of the molecule is [2H]c1c([2H])c(-c2ccc3c(c2)C2(c4ccccc4-3)C([2H])([2H])CCCC2([2H])[2H])c([2H])c(-c2nc(-c3ccccc3)nc(-c3ccccc3)n2)c1[2H]. The van der Waals surface area contributed by atoms with Crippen molar-refractivity contribution < 1.29 is 11.0 Å². The Hall–Kier alpha value is -4.89. The van der Waals surface area contributed by atoms with Gasteiger partial charge in [0.05, 0.1) is 5.48 Å². The van der Waals surface area contributed by atoms with Crippen LogP contribution in [0.3, 0.4) is 0 Å². The van der Waals surface area contributed by atoms with Crippen molar-refractivity contribution >= 4 is 0 Å². The Balaban J connectivity index is 1.38. The third-order valence-corrected chi connectivity index (χ3v) is 8.02. The molecule has 0 bridgehead atoms. The second-order valence-corrected chi connectivity index (χ2v) is 10.6. The molecule has 1 fully saturated rings. The van der Waals surface area contributed by atoms with Crippen LogP contribution in [0, 0.1) is 0 Å². The molecule has 8 rings (SSSR count).